The number of nitrogens with one attached hydrogen (secondary N) is 7. The van der Waals surface area contributed by atoms with E-state index in [9.17, 15) is 63.6 Å². The van der Waals surface area contributed by atoms with Crippen molar-refractivity contribution in [2.24, 2.45) is 23.3 Å². The van der Waals surface area contributed by atoms with E-state index in [1.54, 1.807) is 44.2 Å². The van der Waals surface area contributed by atoms with Crippen LogP contribution in [0.25, 0.3) is 0 Å². The van der Waals surface area contributed by atoms with Crippen LogP contribution in [0.1, 0.15) is 78.7 Å². The molecule has 0 bridgehead atoms. The summed E-state index contributed by atoms with van der Waals surface area (Å²) in [6.07, 6.45) is 0.635. The number of benzene rings is 1. The van der Waals surface area contributed by atoms with Crippen molar-refractivity contribution in [3.8, 4) is 0 Å². The molecule has 0 aliphatic carbocycles. The zero-order chi connectivity index (χ0) is 50.4. The first-order valence-corrected chi connectivity index (χ1v) is 22.6. The van der Waals surface area contributed by atoms with Crippen LogP contribution in [0.3, 0.4) is 0 Å². The number of hydrogen-bond donors (Lipinski definition) is 13. The van der Waals surface area contributed by atoms with Gasteiger partial charge in [-0.2, -0.15) is 0 Å². The predicted molar refractivity (Wildman–Crippen MR) is 243 cm³/mol. The van der Waals surface area contributed by atoms with Gasteiger partial charge < -0.3 is 78.8 Å². The van der Waals surface area contributed by atoms with Gasteiger partial charge in [-0.25, -0.2) is 0 Å². The number of aldehydes is 1. The molecule has 0 saturated carbocycles. The first-order chi connectivity index (χ1) is 31.7. The lowest BCUT2D eigenvalue weighted by Crippen LogP contribution is -2.62. The highest BCUT2D eigenvalue weighted by atomic mass is 16.3. The van der Waals surface area contributed by atoms with Crippen molar-refractivity contribution in [3.63, 3.8) is 0 Å². The molecule has 0 spiro atoms. The number of nitrogens with two attached hydrogens (primary N) is 2. The van der Waals surface area contributed by atoms with Gasteiger partial charge in [0.05, 0.1) is 38.0 Å². The molecule has 10 atom stereocenters. The predicted octanol–water partition coefficient (Wildman–Crippen LogP) is -4.67. The summed E-state index contributed by atoms with van der Waals surface area (Å²) in [5, 5.41) is 57.7. The molecule has 1 aliphatic rings. The summed E-state index contributed by atoms with van der Waals surface area (Å²) in [5.41, 5.74) is 12.3. The minimum absolute atomic E-state index is 0.00613. The first kappa shape index (κ1) is 57.5. The number of rotatable bonds is 29. The smallest absolute Gasteiger partial charge is 0.248 e. The average Bonchev–Trinajstić information content (AvgIpc) is 3.79. The van der Waals surface area contributed by atoms with Gasteiger partial charge in [0.2, 0.25) is 47.3 Å². The highest BCUT2D eigenvalue weighted by Gasteiger charge is 2.41. The zero-order valence-electron chi connectivity index (χ0n) is 38.9. The molecule has 376 valence electrons. The number of hydrogen-bond acceptors (Lipinski definition) is 15. The summed E-state index contributed by atoms with van der Waals surface area (Å²) in [5.74, 6) is -7.57. The fourth-order valence-corrected chi connectivity index (χ4v) is 7.26. The molecule has 1 saturated heterocycles. The number of carbonyl (C=O) groups excluding carboxylic acids is 9. The van der Waals surface area contributed by atoms with E-state index in [0.29, 0.717) is 32.0 Å². The second kappa shape index (κ2) is 29.2. The van der Waals surface area contributed by atoms with Crippen LogP contribution in [0.4, 0.5) is 0 Å². The lowest BCUT2D eigenvalue weighted by atomic mass is 10.0. The molecular weight excluding hydrogens is 877 g/mol. The van der Waals surface area contributed by atoms with Crippen molar-refractivity contribution in [2.45, 2.75) is 140 Å². The van der Waals surface area contributed by atoms with E-state index in [-0.39, 0.29) is 38.3 Å². The monoisotopic (exact) mass is 949 g/mol. The van der Waals surface area contributed by atoms with Gasteiger partial charge in [-0.3, -0.25) is 38.4 Å². The largest absolute Gasteiger partial charge is 0.394 e. The second-order valence-electron chi connectivity index (χ2n) is 17.4. The lowest BCUT2D eigenvalue weighted by molar-refractivity contribution is -0.143. The fraction of sp³-hybridized carbons (Fsp3) is 0.659. The minimum atomic E-state index is -1.68. The molecule has 1 fully saturated rings. The molecule has 1 aromatic rings. The third kappa shape index (κ3) is 18.5. The van der Waals surface area contributed by atoms with Crippen molar-refractivity contribution >= 4 is 53.5 Å². The van der Waals surface area contributed by atoms with Crippen molar-refractivity contribution < 1.29 is 63.6 Å². The van der Waals surface area contributed by atoms with Gasteiger partial charge in [0.25, 0.3) is 0 Å². The number of aliphatic hydroxyl groups excluding tert-OH is 4. The summed E-state index contributed by atoms with van der Waals surface area (Å²) in [4.78, 5) is 120. The van der Waals surface area contributed by atoms with E-state index in [2.05, 4.69) is 37.2 Å². The van der Waals surface area contributed by atoms with Crippen LogP contribution >= 0.6 is 0 Å². The molecular formula is C44H72N10O13. The third-order valence-corrected chi connectivity index (χ3v) is 11.0. The molecule has 8 amide bonds. The van der Waals surface area contributed by atoms with Crippen molar-refractivity contribution in [1.29, 1.82) is 0 Å². The highest BCUT2D eigenvalue weighted by Crippen LogP contribution is 2.20. The number of aliphatic hydroxyl groups is 4. The molecule has 0 radical (unpaired) electrons. The van der Waals surface area contributed by atoms with Crippen molar-refractivity contribution in [2.75, 3.05) is 32.9 Å². The van der Waals surface area contributed by atoms with Crippen LogP contribution in [0.15, 0.2) is 30.3 Å². The molecule has 1 aromatic carbocycles. The van der Waals surface area contributed by atoms with E-state index in [4.69, 9.17) is 11.5 Å². The molecule has 0 unspecified atom stereocenters. The van der Waals surface area contributed by atoms with Crippen LogP contribution in [-0.4, -0.2) is 172 Å². The van der Waals surface area contributed by atoms with Crippen LogP contribution in [0.5, 0.6) is 0 Å². The normalized spacial score (nSPS) is 17.6. The maximum atomic E-state index is 13.8. The van der Waals surface area contributed by atoms with E-state index < -0.39 is 133 Å². The first-order valence-electron chi connectivity index (χ1n) is 22.6. The standard InChI is InChI=1S/C44H72N10O13/c1-24(2)18-29(46)37(60)49-32(22-57)40(63)51-33(23-58)44(67)54-17-11-15-34(54)41(64)52-35(25(3)4)42(65)53-36(26(5)59)43(66)48-30(14-9-10-16-45)38(61)50-31(21-56)39(62)47-28(20-55)19-27-12-7-6-8-13-27/h6-8,12-13,20,24-26,28-36,56-59H,9-11,14-19,21-23,45-46H2,1-5H3,(H,47,62)(H,48,66)(H,49,60)(H,50,61)(H,51,63)(H,52,64)(H,53,65)/t26-,28+,29+,30+,31+,32+,33+,34+,35+,36+/m1/s1. The summed E-state index contributed by atoms with van der Waals surface area (Å²) in [6.45, 7) is 5.75. The summed E-state index contributed by atoms with van der Waals surface area (Å²) in [6, 6.07) is -3.30. The van der Waals surface area contributed by atoms with Crippen LogP contribution in [0, 0.1) is 11.8 Å². The Hall–Kier alpha value is -5.59. The van der Waals surface area contributed by atoms with Gasteiger partial charge in [0.15, 0.2) is 0 Å². The SMILES string of the molecule is CC(C)C[C@H](N)C(=O)N[C@@H](CO)C(=O)N[C@@H](CO)C(=O)N1CCC[C@H]1C(=O)N[C@H](C(=O)N[C@H](C(=O)N[C@@H](CCCCN)C(=O)N[C@@H](CO)C(=O)N[C@H](C=O)Cc1ccccc1)[C@@H](C)O)C(C)C. The molecule has 0 aromatic heterocycles. The molecule has 15 N–H and O–H groups in total. The molecule has 1 aliphatic heterocycles. The average molecular weight is 949 g/mol. The molecule has 2 rings (SSSR count). The number of carbonyl (C=O) groups is 9. The van der Waals surface area contributed by atoms with Gasteiger partial charge in [-0.15, -0.1) is 0 Å². The van der Waals surface area contributed by atoms with Crippen molar-refractivity contribution in [1.82, 2.24) is 42.1 Å². The highest BCUT2D eigenvalue weighted by molar-refractivity contribution is 5.98. The number of nitrogens with zero attached hydrogens (tertiary/aromatic N) is 1. The Morgan fingerprint density at radius 3 is 1.78 bits per heavy atom. The van der Waals surface area contributed by atoms with E-state index in [1.165, 1.54) is 6.92 Å². The quantitative estimate of drug-likeness (QED) is 0.0265. The van der Waals surface area contributed by atoms with Crippen LogP contribution in [0.2, 0.25) is 0 Å². The Morgan fingerprint density at radius 2 is 1.24 bits per heavy atom. The number of amides is 8. The van der Waals surface area contributed by atoms with E-state index in [1.807, 2.05) is 13.8 Å². The Bertz CT molecular complexity index is 1800. The Morgan fingerprint density at radius 1 is 0.701 bits per heavy atom. The Balaban J connectivity index is 2.17. The van der Waals surface area contributed by atoms with Crippen LogP contribution in [-0.2, 0) is 49.6 Å². The summed E-state index contributed by atoms with van der Waals surface area (Å²) >= 11 is 0. The maximum absolute atomic E-state index is 13.8. The summed E-state index contributed by atoms with van der Waals surface area (Å²) < 4.78 is 0. The van der Waals surface area contributed by atoms with Gasteiger partial charge >= 0.3 is 0 Å². The van der Waals surface area contributed by atoms with Gasteiger partial charge in [-0.05, 0) is 75.8 Å². The Kier molecular flexibility index (Phi) is 25.1. The Labute approximate surface area is 390 Å². The second-order valence-corrected chi connectivity index (χ2v) is 17.4. The zero-order valence-corrected chi connectivity index (χ0v) is 38.9. The molecule has 23 nitrogen and oxygen atoms in total. The van der Waals surface area contributed by atoms with Crippen LogP contribution < -0.4 is 48.7 Å². The number of unbranched alkanes of at least 4 members (excludes halogenated alkanes) is 1. The molecule has 67 heavy (non-hydrogen) atoms. The molecule has 23 heteroatoms. The minimum Gasteiger partial charge on any atom is -0.394 e. The van der Waals surface area contributed by atoms with E-state index >= 15 is 0 Å². The van der Waals surface area contributed by atoms with Gasteiger partial charge in [-0.1, -0.05) is 58.0 Å². The fourth-order valence-electron chi connectivity index (χ4n) is 7.26. The topological polar surface area (TPSA) is 374 Å². The maximum Gasteiger partial charge on any atom is 0.248 e. The summed E-state index contributed by atoms with van der Waals surface area (Å²) in [7, 11) is 0. The molecule has 1 heterocycles. The lowest BCUT2D eigenvalue weighted by Gasteiger charge is -2.31. The van der Waals surface area contributed by atoms with Gasteiger partial charge in [0, 0.05) is 6.54 Å². The van der Waals surface area contributed by atoms with Crippen molar-refractivity contribution in [3.05, 3.63) is 35.9 Å². The van der Waals surface area contributed by atoms with Gasteiger partial charge in [0.1, 0.15) is 48.6 Å². The number of likely N-dealkylation sites (tertiary alicyclic amines) is 1. The third-order valence-electron chi connectivity index (χ3n) is 11.0. The van der Waals surface area contributed by atoms with E-state index in [0.717, 1.165) is 10.5 Å².